The molecular formula is C21H26N2O2. The number of carbonyl (C=O) groups is 1. The molecule has 1 saturated heterocycles. The van der Waals surface area contributed by atoms with Crippen molar-refractivity contribution in [1.29, 1.82) is 0 Å². The van der Waals surface area contributed by atoms with Crippen molar-refractivity contribution in [3.05, 3.63) is 64.7 Å². The summed E-state index contributed by atoms with van der Waals surface area (Å²) in [6.07, 6.45) is 1.46. The predicted molar refractivity (Wildman–Crippen MR) is 101 cm³/mol. The number of nitrogens with one attached hydrogen (secondary N) is 1. The summed E-state index contributed by atoms with van der Waals surface area (Å²) in [6, 6.07) is 13.8. The molecule has 1 heterocycles. The summed E-state index contributed by atoms with van der Waals surface area (Å²) in [5.74, 6) is -0.0669. The van der Waals surface area contributed by atoms with Gasteiger partial charge in [0.2, 0.25) is 0 Å². The van der Waals surface area contributed by atoms with Crippen molar-refractivity contribution in [2.45, 2.75) is 39.3 Å². The number of aliphatic hydroxyl groups is 1. The average molecular weight is 338 g/mol. The highest BCUT2D eigenvalue weighted by atomic mass is 16.3. The minimum Gasteiger partial charge on any atom is -0.393 e. The molecule has 1 aliphatic heterocycles. The number of likely N-dealkylation sites (tertiary alicyclic amines) is 1. The first-order valence-corrected chi connectivity index (χ1v) is 8.90. The summed E-state index contributed by atoms with van der Waals surface area (Å²) >= 11 is 0. The Kier molecular flexibility index (Phi) is 5.51. The Balaban J connectivity index is 1.74. The van der Waals surface area contributed by atoms with E-state index in [0.717, 1.165) is 60.4 Å². The third kappa shape index (κ3) is 4.27. The first-order chi connectivity index (χ1) is 12.0. The van der Waals surface area contributed by atoms with Crippen LogP contribution >= 0.6 is 0 Å². The van der Waals surface area contributed by atoms with Crippen molar-refractivity contribution in [2.24, 2.45) is 0 Å². The van der Waals surface area contributed by atoms with Gasteiger partial charge in [0.1, 0.15) is 0 Å². The lowest BCUT2D eigenvalue weighted by Crippen LogP contribution is -2.35. The van der Waals surface area contributed by atoms with Crippen LogP contribution < -0.4 is 5.32 Å². The largest absolute Gasteiger partial charge is 0.393 e. The molecule has 2 aromatic carbocycles. The van der Waals surface area contributed by atoms with Gasteiger partial charge in [0.25, 0.3) is 5.91 Å². The van der Waals surface area contributed by atoms with E-state index in [9.17, 15) is 9.90 Å². The number of hydrogen-bond donors (Lipinski definition) is 2. The quantitative estimate of drug-likeness (QED) is 0.897. The molecule has 0 aromatic heterocycles. The van der Waals surface area contributed by atoms with Crippen molar-refractivity contribution in [1.82, 2.24) is 4.90 Å². The molecule has 0 spiro atoms. The number of aryl methyl sites for hydroxylation is 1. The van der Waals surface area contributed by atoms with E-state index >= 15 is 0 Å². The number of rotatable bonds is 4. The molecule has 0 atom stereocenters. The molecule has 4 heteroatoms. The van der Waals surface area contributed by atoms with E-state index in [1.54, 1.807) is 0 Å². The number of benzene rings is 2. The highest BCUT2D eigenvalue weighted by molar-refractivity contribution is 6.05. The summed E-state index contributed by atoms with van der Waals surface area (Å²) in [6.45, 7) is 6.57. The van der Waals surface area contributed by atoms with E-state index in [0.29, 0.717) is 0 Å². The maximum atomic E-state index is 12.7. The first-order valence-electron chi connectivity index (χ1n) is 8.90. The van der Waals surface area contributed by atoms with E-state index in [-0.39, 0.29) is 12.0 Å². The maximum Gasteiger partial charge on any atom is 0.255 e. The Hall–Kier alpha value is -2.17. The molecule has 0 saturated carbocycles. The molecule has 3 rings (SSSR count). The first kappa shape index (κ1) is 17.6. The summed E-state index contributed by atoms with van der Waals surface area (Å²) in [4.78, 5) is 15.0. The molecule has 25 heavy (non-hydrogen) atoms. The number of para-hydroxylation sites is 1. The van der Waals surface area contributed by atoms with Crippen molar-refractivity contribution in [3.8, 4) is 0 Å². The van der Waals surface area contributed by atoms with Crippen molar-refractivity contribution in [2.75, 3.05) is 18.4 Å². The van der Waals surface area contributed by atoms with Crippen LogP contribution in [0.5, 0.6) is 0 Å². The lowest BCUT2D eigenvalue weighted by Gasteiger charge is -2.30. The van der Waals surface area contributed by atoms with Gasteiger partial charge in [-0.3, -0.25) is 9.69 Å². The Morgan fingerprint density at radius 1 is 1.12 bits per heavy atom. The Morgan fingerprint density at radius 2 is 1.84 bits per heavy atom. The van der Waals surface area contributed by atoms with E-state index in [2.05, 4.69) is 16.3 Å². The molecule has 2 N–H and O–H groups in total. The van der Waals surface area contributed by atoms with E-state index in [1.165, 1.54) is 0 Å². The van der Waals surface area contributed by atoms with Crippen LogP contribution in [-0.4, -0.2) is 35.1 Å². The normalized spacial score (nSPS) is 16.0. The smallest absolute Gasteiger partial charge is 0.255 e. The van der Waals surface area contributed by atoms with Gasteiger partial charge in [0, 0.05) is 30.9 Å². The summed E-state index contributed by atoms with van der Waals surface area (Å²) in [5.41, 5.74) is 4.82. The average Bonchev–Trinajstić information content (AvgIpc) is 2.61. The summed E-state index contributed by atoms with van der Waals surface area (Å²) in [7, 11) is 0. The van der Waals surface area contributed by atoms with Crippen LogP contribution in [0.4, 0.5) is 5.69 Å². The zero-order valence-corrected chi connectivity index (χ0v) is 15.0. The van der Waals surface area contributed by atoms with Gasteiger partial charge < -0.3 is 10.4 Å². The zero-order valence-electron chi connectivity index (χ0n) is 15.0. The number of hydrogen-bond acceptors (Lipinski definition) is 3. The number of aliphatic hydroxyl groups excluding tert-OH is 1. The molecule has 1 amide bonds. The molecular weight excluding hydrogens is 312 g/mol. The fraction of sp³-hybridized carbons (Fsp3) is 0.381. The van der Waals surface area contributed by atoms with E-state index in [4.69, 9.17) is 0 Å². The molecule has 0 unspecified atom stereocenters. The number of nitrogens with zero attached hydrogens (tertiary/aromatic N) is 1. The van der Waals surface area contributed by atoms with Crippen LogP contribution in [0.25, 0.3) is 0 Å². The summed E-state index contributed by atoms with van der Waals surface area (Å²) < 4.78 is 0. The third-order valence-corrected chi connectivity index (χ3v) is 5.07. The van der Waals surface area contributed by atoms with Crippen LogP contribution in [0, 0.1) is 13.8 Å². The molecule has 1 aliphatic rings. The zero-order chi connectivity index (χ0) is 17.8. The fourth-order valence-corrected chi connectivity index (χ4v) is 3.29. The van der Waals surface area contributed by atoms with Crippen LogP contribution in [-0.2, 0) is 6.54 Å². The van der Waals surface area contributed by atoms with Crippen LogP contribution in [0.2, 0.25) is 0 Å². The molecule has 0 radical (unpaired) electrons. The van der Waals surface area contributed by atoms with Crippen molar-refractivity contribution >= 4 is 11.6 Å². The van der Waals surface area contributed by atoms with Crippen molar-refractivity contribution in [3.63, 3.8) is 0 Å². The minimum absolute atomic E-state index is 0.0669. The van der Waals surface area contributed by atoms with Gasteiger partial charge in [0.15, 0.2) is 0 Å². The van der Waals surface area contributed by atoms with Gasteiger partial charge in [-0.1, -0.05) is 30.3 Å². The maximum absolute atomic E-state index is 12.7. The lowest BCUT2D eigenvalue weighted by molar-refractivity contribution is 0.0793. The molecule has 4 nitrogen and oxygen atoms in total. The highest BCUT2D eigenvalue weighted by Gasteiger charge is 2.18. The molecule has 132 valence electrons. The molecule has 0 bridgehead atoms. The second kappa shape index (κ2) is 7.81. The summed E-state index contributed by atoms with van der Waals surface area (Å²) in [5, 5.41) is 12.7. The van der Waals surface area contributed by atoms with Crippen molar-refractivity contribution < 1.29 is 9.90 Å². The van der Waals surface area contributed by atoms with Gasteiger partial charge in [-0.15, -0.1) is 0 Å². The number of carbonyl (C=O) groups excluding carboxylic acids is 1. The van der Waals surface area contributed by atoms with E-state index in [1.807, 2.05) is 50.2 Å². The molecule has 2 aromatic rings. The van der Waals surface area contributed by atoms with Gasteiger partial charge in [-0.25, -0.2) is 0 Å². The standard InChI is InChI=1S/C21H26N2O2/c1-15-6-5-8-19(16(15)2)21(25)22-20-9-4-3-7-17(20)14-23-12-10-18(24)11-13-23/h3-9,18,24H,10-14H2,1-2H3,(H,22,25). The SMILES string of the molecule is Cc1cccc(C(=O)Nc2ccccc2CN2CCC(O)CC2)c1C. The predicted octanol–water partition coefficient (Wildman–Crippen LogP) is 3.51. The molecule has 1 fully saturated rings. The second-order valence-electron chi connectivity index (χ2n) is 6.87. The van der Waals surface area contributed by atoms with Crippen LogP contribution in [0.15, 0.2) is 42.5 Å². The fourth-order valence-electron chi connectivity index (χ4n) is 3.29. The second-order valence-corrected chi connectivity index (χ2v) is 6.87. The third-order valence-electron chi connectivity index (χ3n) is 5.07. The Morgan fingerprint density at radius 3 is 2.60 bits per heavy atom. The minimum atomic E-state index is -0.171. The highest BCUT2D eigenvalue weighted by Crippen LogP contribution is 2.22. The lowest BCUT2D eigenvalue weighted by atomic mass is 10.0. The topological polar surface area (TPSA) is 52.6 Å². The van der Waals surface area contributed by atoms with Gasteiger partial charge >= 0.3 is 0 Å². The van der Waals surface area contributed by atoms with E-state index < -0.39 is 0 Å². The van der Waals surface area contributed by atoms with Crippen LogP contribution in [0.3, 0.4) is 0 Å². The number of piperidine rings is 1. The van der Waals surface area contributed by atoms with Gasteiger partial charge in [-0.05, 0) is 55.5 Å². The Bertz CT molecular complexity index is 749. The Labute approximate surface area is 149 Å². The van der Waals surface area contributed by atoms with Gasteiger partial charge in [-0.2, -0.15) is 0 Å². The van der Waals surface area contributed by atoms with Crippen LogP contribution in [0.1, 0.15) is 39.9 Å². The number of amides is 1. The van der Waals surface area contributed by atoms with Gasteiger partial charge in [0.05, 0.1) is 6.10 Å². The molecule has 0 aliphatic carbocycles. The number of anilines is 1. The monoisotopic (exact) mass is 338 g/mol.